The number of likely N-dealkylation sites (N-methyl/N-ethyl adjacent to an activating group) is 1. The minimum atomic E-state index is -0.202. The van der Waals surface area contributed by atoms with Gasteiger partial charge in [-0.3, -0.25) is 4.79 Å². The van der Waals surface area contributed by atoms with Crippen LogP contribution in [-0.4, -0.2) is 60.1 Å². The molecule has 1 aliphatic rings. The Hall–Kier alpha value is -1.83. The second-order valence-corrected chi connectivity index (χ2v) is 5.62. The van der Waals surface area contributed by atoms with E-state index in [-0.39, 0.29) is 18.6 Å². The third-order valence-electron chi connectivity index (χ3n) is 3.80. The van der Waals surface area contributed by atoms with Crippen LogP contribution in [0, 0.1) is 18.8 Å². The molecular weight excluding hydrogens is 264 g/mol. The molecule has 1 aliphatic heterocycles. The van der Waals surface area contributed by atoms with Gasteiger partial charge in [0.15, 0.2) is 0 Å². The van der Waals surface area contributed by atoms with Gasteiger partial charge in [0.2, 0.25) is 0 Å². The topological polar surface area (TPSA) is 43.8 Å². The molecule has 0 aliphatic carbocycles. The van der Waals surface area contributed by atoms with Crippen molar-refractivity contribution in [2.75, 3.05) is 33.3 Å². The fourth-order valence-corrected chi connectivity index (χ4v) is 2.68. The van der Waals surface area contributed by atoms with Crippen molar-refractivity contribution >= 4 is 5.91 Å². The van der Waals surface area contributed by atoms with E-state index in [1.807, 2.05) is 30.0 Å². The van der Waals surface area contributed by atoms with Gasteiger partial charge in [-0.05, 0) is 38.6 Å². The highest BCUT2D eigenvalue weighted by molar-refractivity contribution is 5.97. The lowest BCUT2D eigenvalue weighted by atomic mass is 10.0. The quantitative estimate of drug-likeness (QED) is 0.787. The summed E-state index contributed by atoms with van der Waals surface area (Å²) >= 11 is 0. The molecule has 2 rings (SSSR count). The Morgan fingerprint density at radius 3 is 2.86 bits per heavy atom. The van der Waals surface area contributed by atoms with Gasteiger partial charge in [0.05, 0.1) is 5.56 Å². The number of amides is 1. The van der Waals surface area contributed by atoms with E-state index in [1.165, 1.54) is 0 Å². The van der Waals surface area contributed by atoms with E-state index in [4.69, 9.17) is 5.11 Å². The Bertz CT molecular complexity index is 586. The number of rotatable bonds is 1. The van der Waals surface area contributed by atoms with Gasteiger partial charge >= 0.3 is 0 Å². The van der Waals surface area contributed by atoms with Crippen molar-refractivity contribution in [3.63, 3.8) is 0 Å². The van der Waals surface area contributed by atoms with Crippen molar-refractivity contribution < 1.29 is 9.90 Å². The van der Waals surface area contributed by atoms with Crippen LogP contribution >= 0.6 is 0 Å². The summed E-state index contributed by atoms with van der Waals surface area (Å²) in [4.78, 5) is 16.9. The number of carbonyl (C=O) groups is 1. The smallest absolute Gasteiger partial charge is 0.255 e. The molecule has 1 unspecified atom stereocenters. The molecule has 4 heteroatoms. The zero-order valence-corrected chi connectivity index (χ0v) is 12.9. The van der Waals surface area contributed by atoms with E-state index in [9.17, 15) is 4.79 Å². The minimum Gasteiger partial charge on any atom is -0.384 e. The zero-order valence-electron chi connectivity index (χ0n) is 12.9. The maximum Gasteiger partial charge on any atom is 0.255 e. The fraction of sp³-hybridized carbons (Fsp3) is 0.471. The van der Waals surface area contributed by atoms with Gasteiger partial charge in [-0.1, -0.05) is 17.9 Å². The van der Waals surface area contributed by atoms with Gasteiger partial charge < -0.3 is 14.9 Å². The van der Waals surface area contributed by atoms with Crippen LogP contribution in [0.1, 0.15) is 28.4 Å². The molecule has 0 saturated carbocycles. The zero-order chi connectivity index (χ0) is 15.4. The van der Waals surface area contributed by atoms with Crippen molar-refractivity contribution in [1.82, 2.24) is 9.80 Å². The molecule has 1 atom stereocenters. The van der Waals surface area contributed by atoms with E-state index < -0.39 is 0 Å². The standard InChI is InChI=1S/C17H22N2O2/c1-13-6-7-16(15(11-13)5-4-10-20)17(21)19-9-8-18(3)12-14(19)2/h6-7,11,14,20H,8-10,12H2,1-3H3. The van der Waals surface area contributed by atoms with Crippen LogP contribution in [0.2, 0.25) is 0 Å². The molecule has 1 heterocycles. The van der Waals surface area contributed by atoms with Crippen molar-refractivity contribution in [1.29, 1.82) is 0 Å². The molecule has 4 nitrogen and oxygen atoms in total. The lowest BCUT2D eigenvalue weighted by Gasteiger charge is -2.38. The number of benzene rings is 1. The lowest BCUT2D eigenvalue weighted by molar-refractivity contribution is 0.0533. The Labute approximate surface area is 126 Å². The Balaban J connectivity index is 2.30. The van der Waals surface area contributed by atoms with Crippen LogP contribution in [0.5, 0.6) is 0 Å². The highest BCUT2D eigenvalue weighted by atomic mass is 16.2. The normalized spacial score (nSPS) is 19.0. The highest BCUT2D eigenvalue weighted by Gasteiger charge is 2.27. The largest absolute Gasteiger partial charge is 0.384 e. The number of hydrogen-bond acceptors (Lipinski definition) is 3. The maximum atomic E-state index is 12.8. The van der Waals surface area contributed by atoms with Gasteiger partial charge in [-0.25, -0.2) is 0 Å². The average molecular weight is 286 g/mol. The molecule has 0 spiro atoms. The van der Waals surface area contributed by atoms with Gasteiger partial charge in [0.25, 0.3) is 5.91 Å². The van der Waals surface area contributed by atoms with Crippen molar-refractivity contribution in [2.45, 2.75) is 19.9 Å². The number of aliphatic hydroxyl groups excluding tert-OH is 1. The number of aryl methyl sites for hydroxylation is 1. The van der Waals surface area contributed by atoms with E-state index >= 15 is 0 Å². The van der Waals surface area contributed by atoms with Crippen LogP contribution in [0.3, 0.4) is 0 Å². The fourth-order valence-electron chi connectivity index (χ4n) is 2.68. The molecule has 0 aromatic heterocycles. The van der Waals surface area contributed by atoms with E-state index in [1.54, 1.807) is 0 Å². The van der Waals surface area contributed by atoms with Gasteiger partial charge in [0, 0.05) is 31.2 Å². The molecule has 1 aromatic carbocycles. The summed E-state index contributed by atoms with van der Waals surface area (Å²) in [7, 11) is 2.07. The van der Waals surface area contributed by atoms with Gasteiger partial charge in [-0.15, -0.1) is 0 Å². The first kappa shape index (κ1) is 15.6. The van der Waals surface area contributed by atoms with Crippen molar-refractivity contribution in [2.24, 2.45) is 0 Å². The molecule has 0 bridgehead atoms. The second kappa shape index (κ2) is 6.75. The monoisotopic (exact) mass is 286 g/mol. The molecule has 1 amide bonds. The number of aliphatic hydroxyl groups is 1. The van der Waals surface area contributed by atoms with Crippen molar-refractivity contribution in [3.8, 4) is 11.8 Å². The molecule has 112 valence electrons. The molecule has 1 fully saturated rings. The predicted octanol–water partition coefficient (Wildman–Crippen LogP) is 1.11. The number of hydrogen-bond donors (Lipinski definition) is 1. The molecule has 1 N–H and O–H groups in total. The average Bonchev–Trinajstić information content (AvgIpc) is 2.44. The van der Waals surface area contributed by atoms with Crippen LogP contribution in [0.4, 0.5) is 0 Å². The van der Waals surface area contributed by atoms with E-state index in [0.717, 1.165) is 25.2 Å². The Morgan fingerprint density at radius 2 is 2.19 bits per heavy atom. The molecule has 1 aromatic rings. The summed E-state index contributed by atoms with van der Waals surface area (Å²) in [6.45, 7) is 6.34. The summed E-state index contributed by atoms with van der Waals surface area (Å²) in [5.41, 5.74) is 2.37. The third kappa shape index (κ3) is 3.63. The number of piperazine rings is 1. The van der Waals surface area contributed by atoms with Crippen molar-refractivity contribution in [3.05, 3.63) is 34.9 Å². The van der Waals surface area contributed by atoms with Crippen LogP contribution in [-0.2, 0) is 0 Å². The van der Waals surface area contributed by atoms with Crippen LogP contribution < -0.4 is 0 Å². The second-order valence-electron chi connectivity index (χ2n) is 5.62. The summed E-state index contributed by atoms with van der Waals surface area (Å²) < 4.78 is 0. The van der Waals surface area contributed by atoms with Gasteiger partial charge in [0.1, 0.15) is 6.61 Å². The summed E-state index contributed by atoms with van der Waals surface area (Å²) in [6, 6.07) is 5.86. The first-order chi connectivity index (χ1) is 10.0. The van der Waals surface area contributed by atoms with E-state index in [0.29, 0.717) is 11.1 Å². The minimum absolute atomic E-state index is 0.0258. The predicted molar refractivity (Wildman–Crippen MR) is 83.1 cm³/mol. The van der Waals surface area contributed by atoms with Gasteiger partial charge in [-0.2, -0.15) is 0 Å². The maximum absolute atomic E-state index is 12.8. The number of nitrogens with zero attached hydrogens (tertiary/aromatic N) is 2. The molecule has 0 radical (unpaired) electrons. The first-order valence-corrected chi connectivity index (χ1v) is 7.23. The third-order valence-corrected chi connectivity index (χ3v) is 3.80. The summed E-state index contributed by atoms with van der Waals surface area (Å²) in [5, 5.41) is 8.87. The first-order valence-electron chi connectivity index (χ1n) is 7.23. The number of carbonyl (C=O) groups excluding carboxylic acids is 1. The van der Waals surface area contributed by atoms with Crippen LogP contribution in [0.15, 0.2) is 18.2 Å². The summed E-state index contributed by atoms with van der Waals surface area (Å²) in [5.74, 6) is 5.55. The SMILES string of the molecule is Cc1ccc(C(=O)N2CCN(C)CC2C)c(C#CCO)c1. The summed E-state index contributed by atoms with van der Waals surface area (Å²) in [6.07, 6.45) is 0. The lowest BCUT2D eigenvalue weighted by Crippen LogP contribution is -2.52. The Kier molecular flexibility index (Phi) is 5.00. The van der Waals surface area contributed by atoms with E-state index in [2.05, 4.69) is 30.7 Å². The molecule has 21 heavy (non-hydrogen) atoms. The molecule has 1 saturated heterocycles. The highest BCUT2D eigenvalue weighted by Crippen LogP contribution is 2.17. The Morgan fingerprint density at radius 1 is 1.43 bits per heavy atom. The van der Waals surface area contributed by atoms with Crippen LogP contribution in [0.25, 0.3) is 0 Å². The molecular formula is C17H22N2O2.